The van der Waals surface area contributed by atoms with Crippen molar-refractivity contribution in [1.82, 2.24) is 0 Å². The highest BCUT2D eigenvalue weighted by Gasteiger charge is 2.15. The average molecular weight is 365 g/mol. The van der Waals surface area contributed by atoms with Gasteiger partial charge in [0.25, 0.3) is 11.8 Å². The van der Waals surface area contributed by atoms with Crippen molar-refractivity contribution < 1.29 is 14.5 Å². The van der Waals surface area contributed by atoms with Gasteiger partial charge >= 0.3 is 0 Å². The Balaban J connectivity index is 1.83. The van der Waals surface area contributed by atoms with Crippen LogP contribution in [0, 0.1) is 25.2 Å². The lowest BCUT2D eigenvalue weighted by Gasteiger charge is -2.15. The molecule has 0 saturated heterocycles. The highest BCUT2D eigenvalue weighted by molar-refractivity contribution is 5.94. The van der Waals surface area contributed by atoms with E-state index in [1.54, 1.807) is 19.2 Å². The van der Waals surface area contributed by atoms with Crippen LogP contribution in [-0.2, 0) is 16.0 Å². The largest absolute Gasteiger partial charge is 0.322 e. The summed E-state index contributed by atoms with van der Waals surface area (Å²) in [7, 11) is 1.81. The lowest BCUT2D eigenvalue weighted by atomic mass is 10.1. The number of para-hydroxylation sites is 1. The van der Waals surface area contributed by atoms with Gasteiger partial charge in [-0.15, -0.1) is 0 Å². The third-order valence-electron chi connectivity index (χ3n) is 4.19. The number of hydrogen-bond donors (Lipinski definition) is 3. The summed E-state index contributed by atoms with van der Waals surface area (Å²) in [6.07, 6.45) is 0.344. The molecule has 2 aromatic carbocycles. The van der Waals surface area contributed by atoms with Crippen molar-refractivity contribution in [2.24, 2.45) is 0 Å². The quantitative estimate of drug-likeness (QED) is 0.694. The van der Waals surface area contributed by atoms with E-state index in [-0.39, 0.29) is 24.9 Å². The van der Waals surface area contributed by atoms with Gasteiger partial charge in [0, 0.05) is 11.4 Å². The Morgan fingerprint density at radius 3 is 2.07 bits per heavy atom. The predicted molar refractivity (Wildman–Crippen MR) is 106 cm³/mol. The van der Waals surface area contributed by atoms with Crippen LogP contribution in [0.25, 0.3) is 0 Å². The van der Waals surface area contributed by atoms with E-state index in [2.05, 4.69) is 16.7 Å². The molecule has 2 amide bonds. The summed E-state index contributed by atoms with van der Waals surface area (Å²) >= 11 is 0. The normalized spacial score (nSPS) is 11.3. The molecule has 0 aromatic heterocycles. The van der Waals surface area contributed by atoms with Crippen LogP contribution in [0.4, 0.5) is 11.4 Å². The number of carbonyl (C=O) groups excluding carboxylic acids is 2. The van der Waals surface area contributed by atoms with E-state index in [0.29, 0.717) is 12.1 Å². The number of rotatable bonds is 7. The maximum absolute atomic E-state index is 12.3. The summed E-state index contributed by atoms with van der Waals surface area (Å²) in [5, 5.41) is 14.4. The molecule has 6 heteroatoms. The first-order valence-electron chi connectivity index (χ1n) is 8.82. The number of amides is 2. The van der Waals surface area contributed by atoms with Gasteiger partial charge in [-0.05, 0) is 42.7 Å². The van der Waals surface area contributed by atoms with Crippen LogP contribution < -0.4 is 15.5 Å². The zero-order chi connectivity index (χ0) is 19.8. The maximum atomic E-state index is 12.3. The zero-order valence-electron chi connectivity index (χ0n) is 15.9. The zero-order valence-corrected chi connectivity index (χ0v) is 15.9. The molecule has 0 spiro atoms. The predicted octanol–water partition coefficient (Wildman–Crippen LogP) is 1.46. The second kappa shape index (κ2) is 9.51. The second-order valence-corrected chi connectivity index (χ2v) is 6.71. The summed E-state index contributed by atoms with van der Waals surface area (Å²) in [5.74, 6) is -0.293. The summed E-state index contributed by atoms with van der Waals surface area (Å²) in [6.45, 7) is 4.28. The van der Waals surface area contributed by atoms with Crippen LogP contribution in [0.5, 0.6) is 0 Å². The molecule has 140 valence electrons. The number of nitrogens with zero attached hydrogens (tertiary/aromatic N) is 1. The highest BCUT2D eigenvalue weighted by atomic mass is 16.2. The molecule has 2 aromatic rings. The van der Waals surface area contributed by atoms with E-state index in [1.165, 1.54) is 0 Å². The third kappa shape index (κ3) is 6.24. The fourth-order valence-corrected chi connectivity index (χ4v) is 2.81. The Morgan fingerprint density at radius 2 is 1.52 bits per heavy atom. The molecule has 0 bridgehead atoms. The molecule has 0 saturated carbocycles. The van der Waals surface area contributed by atoms with Gasteiger partial charge in [-0.25, -0.2) is 0 Å². The number of benzene rings is 2. The van der Waals surface area contributed by atoms with E-state index >= 15 is 0 Å². The third-order valence-corrected chi connectivity index (χ3v) is 4.19. The molecule has 0 radical (unpaired) electrons. The minimum Gasteiger partial charge on any atom is -0.322 e. The Morgan fingerprint density at radius 1 is 0.963 bits per heavy atom. The Bertz CT molecular complexity index is 833. The minimum absolute atomic E-state index is 0.126. The van der Waals surface area contributed by atoms with Gasteiger partial charge in [0.2, 0.25) is 0 Å². The van der Waals surface area contributed by atoms with Crippen molar-refractivity contribution in [2.75, 3.05) is 30.8 Å². The Labute approximate surface area is 159 Å². The number of quaternary nitrogens is 1. The Hall–Kier alpha value is -3.17. The van der Waals surface area contributed by atoms with Crippen molar-refractivity contribution in [3.05, 3.63) is 59.2 Å². The second-order valence-electron chi connectivity index (χ2n) is 6.71. The van der Waals surface area contributed by atoms with Crippen LogP contribution in [0.1, 0.15) is 16.7 Å². The molecule has 0 fully saturated rings. The van der Waals surface area contributed by atoms with Crippen LogP contribution in [-0.4, -0.2) is 32.0 Å². The van der Waals surface area contributed by atoms with Gasteiger partial charge in [-0.1, -0.05) is 30.3 Å². The maximum Gasteiger partial charge on any atom is 0.279 e. The number of likely N-dealkylation sites (N-methyl/N-ethyl adjacent to an activating group) is 1. The van der Waals surface area contributed by atoms with E-state index < -0.39 is 0 Å². The first-order valence-corrected chi connectivity index (χ1v) is 8.82. The standard InChI is InChI=1S/C21H24N4O2/c1-15-5-4-6-16(2)21(15)24-20(27)14-25(3)13-19(26)23-18-9-7-17(8-10-18)11-12-22/h4-10H,11,13-14H2,1-3H3,(H,23,26)(H,24,27)/p+1. The van der Waals surface area contributed by atoms with Crippen molar-refractivity contribution in [3.63, 3.8) is 0 Å². The molecule has 2 rings (SSSR count). The molecular weight excluding hydrogens is 340 g/mol. The summed E-state index contributed by atoms with van der Waals surface area (Å²) < 4.78 is 0. The highest BCUT2D eigenvalue weighted by Crippen LogP contribution is 2.18. The van der Waals surface area contributed by atoms with Crippen LogP contribution in [0.15, 0.2) is 42.5 Å². The lowest BCUT2D eigenvalue weighted by Crippen LogP contribution is -3.11. The fraction of sp³-hybridized carbons (Fsp3) is 0.286. The number of aryl methyl sites for hydroxylation is 2. The van der Waals surface area contributed by atoms with Gasteiger partial charge in [0.1, 0.15) is 0 Å². The minimum atomic E-state index is -0.166. The molecule has 6 nitrogen and oxygen atoms in total. The van der Waals surface area contributed by atoms with Gasteiger partial charge in [0.05, 0.1) is 19.5 Å². The van der Waals surface area contributed by atoms with Crippen molar-refractivity contribution in [3.8, 4) is 6.07 Å². The van der Waals surface area contributed by atoms with E-state index in [4.69, 9.17) is 5.26 Å². The van der Waals surface area contributed by atoms with Gasteiger partial charge in [0.15, 0.2) is 13.1 Å². The fourth-order valence-electron chi connectivity index (χ4n) is 2.81. The SMILES string of the molecule is Cc1cccc(C)c1NC(=O)C[NH+](C)CC(=O)Nc1ccc(CC#N)cc1. The van der Waals surface area contributed by atoms with E-state index in [0.717, 1.165) is 27.3 Å². The molecule has 0 aliphatic carbocycles. The first-order chi connectivity index (χ1) is 12.9. The molecule has 3 N–H and O–H groups in total. The molecular formula is C21H25N4O2+. The van der Waals surface area contributed by atoms with Crippen molar-refractivity contribution in [1.29, 1.82) is 5.26 Å². The molecule has 0 aliphatic heterocycles. The Kier molecular flexibility index (Phi) is 7.09. The molecule has 1 atom stereocenters. The van der Waals surface area contributed by atoms with Crippen molar-refractivity contribution >= 4 is 23.2 Å². The molecule has 0 aliphatic rings. The number of hydrogen-bond acceptors (Lipinski definition) is 3. The summed E-state index contributed by atoms with van der Waals surface area (Å²) in [4.78, 5) is 25.2. The number of carbonyl (C=O) groups is 2. The molecule has 0 heterocycles. The van der Waals surface area contributed by atoms with Crippen LogP contribution in [0.3, 0.4) is 0 Å². The average Bonchev–Trinajstić information content (AvgIpc) is 2.60. The topological polar surface area (TPSA) is 86.4 Å². The van der Waals surface area contributed by atoms with Gasteiger partial charge in [-0.2, -0.15) is 5.26 Å². The number of nitrogens with one attached hydrogen (secondary N) is 3. The first kappa shape index (κ1) is 20.1. The van der Waals surface area contributed by atoms with Crippen molar-refractivity contribution in [2.45, 2.75) is 20.3 Å². The summed E-state index contributed by atoms with van der Waals surface area (Å²) in [6, 6.07) is 15.1. The van der Waals surface area contributed by atoms with Gasteiger partial charge in [-0.3, -0.25) is 9.59 Å². The van der Waals surface area contributed by atoms with E-state index in [1.807, 2.05) is 44.2 Å². The monoisotopic (exact) mass is 365 g/mol. The van der Waals surface area contributed by atoms with Gasteiger partial charge < -0.3 is 15.5 Å². The molecule has 27 heavy (non-hydrogen) atoms. The van der Waals surface area contributed by atoms with Crippen LogP contribution in [0.2, 0.25) is 0 Å². The lowest BCUT2D eigenvalue weighted by molar-refractivity contribution is -0.862. The molecule has 1 unspecified atom stereocenters. The summed E-state index contributed by atoms with van der Waals surface area (Å²) in [5.41, 5.74) is 4.44. The number of anilines is 2. The van der Waals surface area contributed by atoms with E-state index in [9.17, 15) is 9.59 Å². The number of nitriles is 1. The smallest absolute Gasteiger partial charge is 0.279 e. The van der Waals surface area contributed by atoms with Crippen LogP contribution >= 0.6 is 0 Å².